The predicted octanol–water partition coefficient (Wildman–Crippen LogP) is 3.54. The Labute approximate surface area is 202 Å². The van der Waals surface area contributed by atoms with E-state index >= 15 is 0 Å². The summed E-state index contributed by atoms with van der Waals surface area (Å²) in [7, 11) is 0. The Morgan fingerprint density at radius 1 is 1.00 bits per heavy atom. The maximum atomic E-state index is 5.35. The van der Waals surface area contributed by atoms with E-state index in [1.807, 2.05) is 23.0 Å². The van der Waals surface area contributed by atoms with Crippen molar-refractivity contribution in [3.05, 3.63) is 67.3 Å². The van der Waals surface area contributed by atoms with Crippen LogP contribution in [0.1, 0.15) is 0 Å². The van der Waals surface area contributed by atoms with Crippen LogP contribution in [0.15, 0.2) is 67.3 Å². The maximum absolute atomic E-state index is 5.35. The Morgan fingerprint density at radius 2 is 1.86 bits per heavy atom. The molecule has 5 heterocycles. The lowest BCUT2D eigenvalue weighted by atomic mass is 10.1. The van der Waals surface area contributed by atoms with Gasteiger partial charge in [-0.25, -0.2) is 9.97 Å². The topological polar surface area (TPSA) is 86.6 Å². The molecule has 0 atom stereocenters. The lowest BCUT2D eigenvalue weighted by Gasteiger charge is -2.43. The van der Waals surface area contributed by atoms with Crippen LogP contribution in [0.3, 0.4) is 0 Å². The fraction of sp³-hybridized carbons (Fsp3) is 0.269. The lowest BCUT2D eigenvalue weighted by Crippen LogP contribution is -2.56. The number of aromatic amines is 1. The van der Waals surface area contributed by atoms with E-state index in [4.69, 9.17) is 9.72 Å². The predicted molar refractivity (Wildman–Crippen MR) is 136 cm³/mol. The number of hydrogen-bond donors (Lipinski definition) is 2. The average molecular weight is 467 g/mol. The third kappa shape index (κ3) is 3.78. The van der Waals surface area contributed by atoms with Crippen molar-refractivity contribution in [2.75, 3.05) is 49.6 Å². The van der Waals surface area contributed by atoms with E-state index in [0.717, 1.165) is 78.7 Å². The first-order valence-corrected chi connectivity index (χ1v) is 12.0. The molecule has 2 N–H and O–H groups in total. The molecular weight excluding hydrogens is 440 g/mol. The number of ether oxygens (including phenoxy) is 1. The van der Waals surface area contributed by atoms with Gasteiger partial charge < -0.3 is 19.4 Å². The number of aromatic nitrogens is 5. The van der Waals surface area contributed by atoms with Gasteiger partial charge in [-0.1, -0.05) is 12.1 Å². The van der Waals surface area contributed by atoms with Crippen LogP contribution in [0.5, 0.6) is 0 Å². The molecule has 0 aliphatic carbocycles. The summed E-state index contributed by atoms with van der Waals surface area (Å²) in [6.07, 6.45) is 7.57. The molecule has 0 spiro atoms. The number of piperazine rings is 1. The number of nitrogens with one attached hydrogen (secondary N) is 2. The quantitative estimate of drug-likeness (QED) is 0.410. The van der Waals surface area contributed by atoms with Crippen molar-refractivity contribution in [3.63, 3.8) is 0 Å². The zero-order valence-corrected chi connectivity index (χ0v) is 19.3. The molecule has 2 aliphatic rings. The van der Waals surface area contributed by atoms with Gasteiger partial charge in [0, 0.05) is 67.1 Å². The Balaban J connectivity index is 1.12. The van der Waals surface area contributed by atoms with E-state index in [0.29, 0.717) is 6.04 Å². The number of hydrogen-bond acceptors (Lipinski definition) is 7. The van der Waals surface area contributed by atoms with Crippen LogP contribution in [0.4, 0.5) is 17.2 Å². The summed E-state index contributed by atoms with van der Waals surface area (Å²) >= 11 is 0. The van der Waals surface area contributed by atoms with Crippen molar-refractivity contribution < 1.29 is 4.74 Å². The normalized spacial score (nSPS) is 17.2. The summed E-state index contributed by atoms with van der Waals surface area (Å²) in [4.78, 5) is 14.4. The van der Waals surface area contributed by atoms with Crippen LogP contribution in [0.2, 0.25) is 0 Å². The van der Waals surface area contributed by atoms with E-state index in [-0.39, 0.29) is 0 Å². The Morgan fingerprint density at radius 3 is 2.66 bits per heavy atom. The summed E-state index contributed by atoms with van der Waals surface area (Å²) in [5.41, 5.74) is 5.89. The van der Waals surface area contributed by atoms with Gasteiger partial charge in [0.25, 0.3) is 0 Å². The van der Waals surface area contributed by atoms with Crippen LogP contribution in [0.25, 0.3) is 27.8 Å². The van der Waals surface area contributed by atoms with Gasteiger partial charge in [-0.05, 0) is 30.3 Å². The molecule has 0 bridgehead atoms. The number of benzene rings is 2. The second-order valence-electron chi connectivity index (χ2n) is 9.19. The van der Waals surface area contributed by atoms with Gasteiger partial charge in [0.05, 0.1) is 36.7 Å². The molecule has 0 amide bonds. The highest BCUT2D eigenvalue weighted by molar-refractivity contribution is 5.84. The summed E-state index contributed by atoms with van der Waals surface area (Å²) in [6, 6.07) is 15.4. The molecule has 2 saturated heterocycles. The second kappa shape index (κ2) is 8.37. The van der Waals surface area contributed by atoms with Crippen LogP contribution >= 0.6 is 0 Å². The highest BCUT2D eigenvalue weighted by atomic mass is 16.5. The molecule has 2 fully saturated rings. The molecule has 9 nitrogen and oxygen atoms in total. The minimum atomic E-state index is 0.618. The smallest absolute Gasteiger partial charge is 0.180 e. The summed E-state index contributed by atoms with van der Waals surface area (Å²) in [5, 5.41) is 11.7. The number of anilines is 3. The zero-order valence-electron chi connectivity index (χ0n) is 19.3. The highest BCUT2D eigenvalue weighted by Gasteiger charge is 2.28. The maximum Gasteiger partial charge on any atom is 0.180 e. The Bertz CT molecular complexity index is 1480. The first kappa shape index (κ1) is 20.4. The van der Waals surface area contributed by atoms with Gasteiger partial charge >= 0.3 is 0 Å². The third-order valence-corrected chi connectivity index (χ3v) is 7.06. The lowest BCUT2D eigenvalue weighted by molar-refractivity contribution is -0.0660. The first-order chi connectivity index (χ1) is 17.3. The molecule has 0 unspecified atom stereocenters. The zero-order chi connectivity index (χ0) is 23.2. The van der Waals surface area contributed by atoms with Crippen molar-refractivity contribution in [1.82, 2.24) is 29.5 Å². The minimum Gasteiger partial charge on any atom is -0.378 e. The van der Waals surface area contributed by atoms with Crippen molar-refractivity contribution >= 4 is 33.7 Å². The van der Waals surface area contributed by atoms with E-state index < -0.39 is 0 Å². The SMILES string of the molecule is c1cn2cc(-c3ccc4cn[nH]c4c3)nc(Nc3ccc(N4CCN(C5COC5)CC4)cc3)c2n1. The molecular formula is C26H26N8O. The van der Waals surface area contributed by atoms with E-state index in [2.05, 4.69) is 72.8 Å². The molecule has 7 rings (SSSR count). The van der Waals surface area contributed by atoms with E-state index in [1.54, 1.807) is 6.20 Å². The van der Waals surface area contributed by atoms with Gasteiger partial charge in [-0.3, -0.25) is 10.00 Å². The molecule has 0 radical (unpaired) electrons. The molecule has 0 saturated carbocycles. The largest absolute Gasteiger partial charge is 0.378 e. The molecule has 9 heteroatoms. The molecule has 35 heavy (non-hydrogen) atoms. The van der Waals surface area contributed by atoms with Crippen molar-refractivity contribution in [1.29, 1.82) is 0 Å². The summed E-state index contributed by atoms with van der Waals surface area (Å²) < 4.78 is 7.35. The number of imidazole rings is 1. The second-order valence-corrected chi connectivity index (χ2v) is 9.19. The van der Waals surface area contributed by atoms with Crippen LogP contribution in [-0.4, -0.2) is 74.9 Å². The van der Waals surface area contributed by atoms with Gasteiger partial charge in [0.2, 0.25) is 0 Å². The molecule has 176 valence electrons. The third-order valence-electron chi connectivity index (χ3n) is 7.06. The average Bonchev–Trinajstić information content (AvgIpc) is 3.53. The fourth-order valence-corrected chi connectivity index (χ4v) is 4.92. The molecule has 2 aromatic carbocycles. The monoisotopic (exact) mass is 466 g/mol. The number of H-pyrrole nitrogens is 1. The standard InChI is InChI=1S/C26H26N8O/c1-2-19-14-28-31-23(19)13-18(1)24-15-34-8-7-27-26(34)25(30-24)29-20-3-5-21(6-4-20)32-9-11-33(12-10-32)22-16-35-17-22/h1-8,13-15,22H,9-12,16-17H2,(H,28,31)(H,29,30). The van der Waals surface area contributed by atoms with Gasteiger partial charge in [0.15, 0.2) is 11.5 Å². The Hall–Kier alpha value is -3.95. The van der Waals surface area contributed by atoms with Crippen molar-refractivity contribution in [2.24, 2.45) is 0 Å². The molecule has 5 aromatic rings. The minimum absolute atomic E-state index is 0.618. The van der Waals surface area contributed by atoms with Crippen LogP contribution < -0.4 is 10.2 Å². The van der Waals surface area contributed by atoms with Gasteiger partial charge in [0.1, 0.15) is 0 Å². The number of rotatable bonds is 5. The van der Waals surface area contributed by atoms with Gasteiger partial charge in [-0.15, -0.1) is 0 Å². The number of fused-ring (bicyclic) bond motifs is 2. The number of nitrogens with zero attached hydrogens (tertiary/aromatic N) is 6. The fourth-order valence-electron chi connectivity index (χ4n) is 4.92. The Kier molecular flexibility index (Phi) is 4.88. The van der Waals surface area contributed by atoms with Crippen LogP contribution in [-0.2, 0) is 4.74 Å². The van der Waals surface area contributed by atoms with Crippen LogP contribution in [0, 0.1) is 0 Å². The van der Waals surface area contributed by atoms with Crippen molar-refractivity contribution in [2.45, 2.75) is 6.04 Å². The van der Waals surface area contributed by atoms with Gasteiger partial charge in [-0.2, -0.15) is 5.10 Å². The highest BCUT2D eigenvalue weighted by Crippen LogP contribution is 2.28. The van der Waals surface area contributed by atoms with Crippen molar-refractivity contribution in [3.8, 4) is 11.3 Å². The summed E-state index contributed by atoms with van der Waals surface area (Å²) in [5.74, 6) is 0.723. The van der Waals surface area contributed by atoms with E-state index in [9.17, 15) is 0 Å². The molecule has 2 aliphatic heterocycles. The molecule has 3 aromatic heterocycles. The summed E-state index contributed by atoms with van der Waals surface area (Å²) in [6.45, 7) is 6.04. The first-order valence-electron chi connectivity index (χ1n) is 12.0. The van der Waals surface area contributed by atoms with E-state index in [1.165, 1.54) is 5.69 Å².